The Morgan fingerprint density at radius 3 is 2.41 bits per heavy atom. The lowest BCUT2D eigenvalue weighted by Gasteiger charge is -2.39. The van der Waals surface area contributed by atoms with Crippen molar-refractivity contribution >= 4 is 16.7 Å². The maximum absolute atomic E-state index is 13.3. The molecule has 0 aromatic heterocycles. The number of piperidine rings is 1. The van der Waals surface area contributed by atoms with Crippen molar-refractivity contribution in [3.63, 3.8) is 0 Å². The summed E-state index contributed by atoms with van der Waals surface area (Å²) in [5, 5.41) is 2.31. The zero-order valence-electron chi connectivity index (χ0n) is 20.5. The van der Waals surface area contributed by atoms with E-state index in [2.05, 4.69) is 66.1 Å². The molecule has 3 aromatic carbocycles. The first kappa shape index (κ1) is 22.9. The first-order chi connectivity index (χ1) is 16.5. The normalized spacial score (nSPS) is 18.1. The van der Waals surface area contributed by atoms with Crippen molar-refractivity contribution in [2.24, 2.45) is 11.3 Å². The molecule has 2 saturated heterocycles. The Kier molecular flexibility index (Phi) is 6.60. The Morgan fingerprint density at radius 2 is 1.62 bits per heavy atom. The van der Waals surface area contributed by atoms with Gasteiger partial charge in [-0.1, -0.05) is 62.4 Å². The van der Waals surface area contributed by atoms with Crippen LogP contribution >= 0.6 is 0 Å². The van der Waals surface area contributed by atoms with Crippen LogP contribution in [-0.2, 0) is 6.54 Å². The Hall–Kier alpha value is -2.85. The molecular weight excluding hydrogens is 420 g/mol. The van der Waals surface area contributed by atoms with Crippen LogP contribution in [0.5, 0.6) is 5.75 Å². The van der Waals surface area contributed by atoms with Crippen LogP contribution in [0.25, 0.3) is 10.8 Å². The summed E-state index contributed by atoms with van der Waals surface area (Å²) >= 11 is 0. The lowest BCUT2D eigenvalue weighted by atomic mass is 9.77. The van der Waals surface area contributed by atoms with Crippen molar-refractivity contribution in [3.05, 3.63) is 77.9 Å². The van der Waals surface area contributed by atoms with Gasteiger partial charge in [-0.25, -0.2) is 0 Å². The minimum atomic E-state index is 0.182. The molecule has 5 rings (SSSR count). The molecule has 4 heteroatoms. The second-order valence-corrected chi connectivity index (χ2v) is 10.6. The molecule has 0 saturated carbocycles. The maximum atomic E-state index is 13.3. The van der Waals surface area contributed by atoms with Gasteiger partial charge in [-0.05, 0) is 72.7 Å². The van der Waals surface area contributed by atoms with E-state index in [-0.39, 0.29) is 11.3 Å². The van der Waals surface area contributed by atoms with E-state index in [9.17, 15) is 4.79 Å². The molecular formula is C30H36N2O2. The highest BCUT2D eigenvalue weighted by Gasteiger charge is 2.42. The molecule has 3 aromatic rings. The third kappa shape index (κ3) is 4.97. The molecule has 1 amide bonds. The van der Waals surface area contributed by atoms with Gasteiger partial charge in [0.25, 0.3) is 5.91 Å². The van der Waals surface area contributed by atoms with E-state index >= 15 is 0 Å². The smallest absolute Gasteiger partial charge is 0.253 e. The van der Waals surface area contributed by atoms with Gasteiger partial charge in [0, 0.05) is 30.8 Å². The largest absolute Gasteiger partial charge is 0.493 e. The van der Waals surface area contributed by atoms with Crippen molar-refractivity contribution in [1.82, 2.24) is 9.80 Å². The van der Waals surface area contributed by atoms with Gasteiger partial charge in [-0.3, -0.25) is 9.69 Å². The molecule has 2 aliphatic rings. The van der Waals surface area contributed by atoms with E-state index in [1.165, 1.54) is 10.9 Å². The Balaban J connectivity index is 1.18. The molecule has 2 heterocycles. The van der Waals surface area contributed by atoms with E-state index in [0.717, 1.165) is 75.3 Å². The van der Waals surface area contributed by atoms with Crippen molar-refractivity contribution in [1.29, 1.82) is 0 Å². The van der Waals surface area contributed by atoms with Gasteiger partial charge in [-0.2, -0.15) is 0 Å². The number of hydrogen-bond acceptors (Lipinski definition) is 3. The van der Waals surface area contributed by atoms with Crippen LogP contribution in [0.1, 0.15) is 49.0 Å². The number of carbonyl (C=O) groups is 1. The summed E-state index contributed by atoms with van der Waals surface area (Å²) in [6.45, 7) is 9.97. The molecule has 4 nitrogen and oxygen atoms in total. The molecule has 34 heavy (non-hydrogen) atoms. The average Bonchev–Trinajstić information content (AvgIpc) is 3.27. The topological polar surface area (TPSA) is 32.8 Å². The van der Waals surface area contributed by atoms with Gasteiger partial charge in [0.15, 0.2) is 0 Å². The van der Waals surface area contributed by atoms with Gasteiger partial charge in [0.1, 0.15) is 5.75 Å². The molecule has 2 aliphatic heterocycles. The average molecular weight is 457 g/mol. The SMILES string of the molecule is CC(C)COc1ccccc1CN1CCC2(CC1)CCN(C(=O)c1ccc3ccccc3c1)C2. The molecule has 178 valence electrons. The van der Waals surface area contributed by atoms with Crippen LogP contribution in [0, 0.1) is 11.3 Å². The summed E-state index contributed by atoms with van der Waals surface area (Å²) < 4.78 is 6.07. The van der Waals surface area contributed by atoms with Gasteiger partial charge in [0.05, 0.1) is 6.61 Å². The van der Waals surface area contributed by atoms with E-state index in [1.807, 2.05) is 24.3 Å². The number of nitrogens with zero attached hydrogens (tertiary/aromatic N) is 2. The molecule has 1 spiro atoms. The van der Waals surface area contributed by atoms with Crippen molar-refractivity contribution in [3.8, 4) is 5.75 Å². The van der Waals surface area contributed by atoms with Crippen LogP contribution in [0.3, 0.4) is 0 Å². The summed E-state index contributed by atoms with van der Waals surface area (Å²) in [6, 6.07) is 22.8. The summed E-state index contributed by atoms with van der Waals surface area (Å²) in [7, 11) is 0. The van der Waals surface area contributed by atoms with Crippen LogP contribution in [0.15, 0.2) is 66.7 Å². The standard InChI is InChI=1S/C30H36N2O2/c1-23(2)21-34-28-10-6-5-9-27(28)20-31-16-13-30(14-17-31)15-18-32(22-30)29(33)26-12-11-24-7-3-4-8-25(24)19-26/h3-12,19,23H,13-18,20-22H2,1-2H3. The van der Waals surface area contributed by atoms with Gasteiger partial charge in [0.2, 0.25) is 0 Å². The van der Waals surface area contributed by atoms with Crippen molar-refractivity contribution in [2.75, 3.05) is 32.8 Å². The fraction of sp³-hybridized carbons (Fsp3) is 0.433. The molecule has 0 N–H and O–H groups in total. The predicted molar refractivity (Wildman–Crippen MR) is 138 cm³/mol. The summed E-state index contributed by atoms with van der Waals surface area (Å²) in [4.78, 5) is 17.9. The van der Waals surface area contributed by atoms with Crippen LogP contribution in [0.2, 0.25) is 0 Å². The summed E-state index contributed by atoms with van der Waals surface area (Å²) in [5.41, 5.74) is 2.36. The molecule has 0 atom stereocenters. The molecule has 0 radical (unpaired) electrons. The molecule has 2 fully saturated rings. The highest BCUT2D eigenvalue weighted by molar-refractivity contribution is 5.98. The number of amides is 1. The Morgan fingerprint density at radius 1 is 0.912 bits per heavy atom. The fourth-order valence-corrected chi connectivity index (χ4v) is 5.48. The number of likely N-dealkylation sites (tertiary alicyclic amines) is 2. The van der Waals surface area contributed by atoms with Gasteiger partial charge in [-0.15, -0.1) is 0 Å². The lowest BCUT2D eigenvalue weighted by molar-refractivity contribution is 0.0712. The monoisotopic (exact) mass is 456 g/mol. The highest BCUT2D eigenvalue weighted by Crippen LogP contribution is 2.41. The number of hydrogen-bond donors (Lipinski definition) is 0. The van der Waals surface area contributed by atoms with Crippen LogP contribution in [0.4, 0.5) is 0 Å². The zero-order valence-corrected chi connectivity index (χ0v) is 20.5. The lowest BCUT2D eigenvalue weighted by Crippen LogP contribution is -2.42. The first-order valence-electron chi connectivity index (χ1n) is 12.7. The minimum Gasteiger partial charge on any atom is -0.493 e. The number of rotatable bonds is 6. The quantitative estimate of drug-likeness (QED) is 0.456. The van der Waals surface area contributed by atoms with E-state index in [0.29, 0.717) is 5.92 Å². The van der Waals surface area contributed by atoms with Crippen LogP contribution in [-0.4, -0.2) is 48.5 Å². The molecule has 0 bridgehead atoms. The molecule has 0 aliphatic carbocycles. The van der Waals surface area contributed by atoms with Gasteiger partial charge >= 0.3 is 0 Å². The predicted octanol–water partition coefficient (Wildman–Crippen LogP) is 6.00. The molecule has 0 unspecified atom stereocenters. The maximum Gasteiger partial charge on any atom is 0.253 e. The number of benzene rings is 3. The first-order valence-corrected chi connectivity index (χ1v) is 12.7. The number of ether oxygens (including phenoxy) is 1. The number of para-hydroxylation sites is 1. The van der Waals surface area contributed by atoms with E-state index in [4.69, 9.17) is 4.74 Å². The second kappa shape index (κ2) is 9.79. The fourth-order valence-electron chi connectivity index (χ4n) is 5.48. The minimum absolute atomic E-state index is 0.182. The third-order valence-electron chi connectivity index (χ3n) is 7.58. The highest BCUT2D eigenvalue weighted by atomic mass is 16.5. The zero-order chi connectivity index (χ0) is 23.5. The van der Waals surface area contributed by atoms with Crippen molar-refractivity contribution < 1.29 is 9.53 Å². The van der Waals surface area contributed by atoms with Crippen molar-refractivity contribution in [2.45, 2.75) is 39.7 Å². The third-order valence-corrected chi connectivity index (χ3v) is 7.58. The van der Waals surface area contributed by atoms with Gasteiger partial charge < -0.3 is 9.64 Å². The Bertz CT molecular complexity index is 1150. The number of fused-ring (bicyclic) bond motifs is 1. The van der Waals surface area contributed by atoms with E-state index in [1.54, 1.807) is 0 Å². The number of carbonyl (C=O) groups excluding carboxylic acids is 1. The summed E-state index contributed by atoms with van der Waals surface area (Å²) in [5.74, 6) is 1.72. The summed E-state index contributed by atoms with van der Waals surface area (Å²) in [6.07, 6.45) is 3.43. The van der Waals surface area contributed by atoms with Crippen LogP contribution < -0.4 is 4.74 Å². The Labute approximate surface area is 203 Å². The second-order valence-electron chi connectivity index (χ2n) is 10.6. The van der Waals surface area contributed by atoms with E-state index < -0.39 is 0 Å².